The van der Waals surface area contributed by atoms with Gasteiger partial charge >= 0.3 is 12.0 Å². The van der Waals surface area contributed by atoms with Crippen molar-refractivity contribution in [3.8, 4) is 0 Å². The molecule has 18 heteroatoms. The fraction of sp³-hybridized carbons (Fsp3) is 0.621. The Hall–Kier alpha value is -4.39. The summed E-state index contributed by atoms with van der Waals surface area (Å²) in [6.45, 7) is 7.76. The van der Waals surface area contributed by atoms with Crippen LogP contribution in [0.3, 0.4) is 0 Å². The van der Waals surface area contributed by atoms with Gasteiger partial charge in [-0.05, 0) is 25.3 Å². The summed E-state index contributed by atoms with van der Waals surface area (Å²) in [7, 11) is 0. The molecule has 18 nitrogen and oxygen atoms in total. The third-order valence-corrected chi connectivity index (χ3v) is 6.26. The highest BCUT2D eigenvalue weighted by Crippen LogP contribution is 2.05. The highest BCUT2D eigenvalue weighted by atomic mass is 16.6. The first-order valence-corrected chi connectivity index (χ1v) is 15.0. The number of aliphatic carboxylic acids is 1. The summed E-state index contributed by atoms with van der Waals surface area (Å²) in [4.78, 5) is 82.9. The average Bonchev–Trinajstić information content (AvgIpc) is 3.33. The van der Waals surface area contributed by atoms with Crippen LogP contribution < -0.4 is 27.0 Å². The molecule has 1 heterocycles. The number of rotatable bonds is 27. The van der Waals surface area contributed by atoms with Gasteiger partial charge in [0.15, 0.2) is 0 Å². The maximum absolute atomic E-state index is 12.6. The summed E-state index contributed by atoms with van der Waals surface area (Å²) < 4.78 is 21.5. The molecule has 0 aromatic rings. The van der Waals surface area contributed by atoms with Crippen molar-refractivity contribution in [3.05, 3.63) is 24.3 Å². The van der Waals surface area contributed by atoms with Crippen LogP contribution in [0.2, 0.25) is 0 Å². The van der Waals surface area contributed by atoms with Crippen LogP contribution in [-0.4, -0.2) is 136 Å². The summed E-state index contributed by atoms with van der Waals surface area (Å²) in [6, 6.07) is -3.11. The molecule has 2 atom stereocenters. The predicted octanol–water partition coefficient (Wildman–Crippen LogP) is -2.05. The van der Waals surface area contributed by atoms with Gasteiger partial charge in [0.2, 0.25) is 17.7 Å². The van der Waals surface area contributed by atoms with Gasteiger partial charge in [0.1, 0.15) is 12.1 Å². The summed E-state index contributed by atoms with van der Waals surface area (Å²) in [5.74, 6) is -3.63. The first-order chi connectivity index (χ1) is 22.4. The van der Waals surface area contributed by atoms with E-state index in [1.807, 2.05) is 0 Å². The number of ether oxygens (including phenoxy) is 4. The molecule has 0 aromatic heterocycles. The van der Waals surface area contributed by atoms with Crippen molar-refractivity contribution in [2.75, 3.05) is 72.5 Å². The standard InChI is InChI=1S/C29H46N6O12/c1-20(2)26(27(40)33-21(28(41)42)4-3-9-32-29(30)43)34-23(37)8-12-44-14-16-46-18-19-47-17-15-45-13-10-31-22(36)7-11-35-24(38)5-6-25(35)39/h5-6,21,26H,1,3-4,7-19H2,2H3,(H,31,36)(H,33,40)(H,34,37)(H,41,42)(H3,30,32,43)/t21-,26-/m0/s1. The van der Waals surface area contributed by atoms with Crippen LogP contribution in [0, 0.1) is 0 Å². The number of carbonyl (C=O) groups is 7. The lowest BCUT2D eigenvalue weighted by atomic mass is 10.1. The maximum atomic E-state index is 12.6. The van der Waals surface area contributed by atoms with Crippen molar-refractivity contribution in [3.63, 3.8) is 0 Å². The number of imide groups is 1. The van der Waals surface area contributed by atoms with Crippen LogP contribution in [0.4, 0.5) is 4.79 Å². The first-order valence-electron chi connectivity index (χ1n) is 15.0. The highest BCUT2D eigenvalue weighted by molar-refractivity contribution is 6.13. The van der Waals surface area contributed by atoms with Gasteiger partial charge in [-0.15, -0.1) is 0 Å². The molecule has 7 amide bonds. The van der Waals surface area contributed by atoms with Gasteiger partial charge in [-0.3, -0.25) is 28.9 Å². The number of amides is 7. The van der Waals surface area contributed by atoms with E-state index < -0.39 is 47.7 Å². The number of nitrogens with zero attached hydrogens (tertiary/aromatic N) is 1. The Labute approximate surface area is 272 Å². The Morgan fingerprint density at radius 3 is 1.89 bits per heavy atom. The third-order valence-electron chi connectivity index (χ3n) is 6.26. The summed E-state index contributed by atoms with van der Waals surface area (Å²) >= 11 is 0. The predicted molar refractivity (Wildman–Crippen MR) is 165 cm³/mol. The molecular weight excluding hydrogens is 624 g/mol. The smallest absolute Gasteiger partial charge is 0.326 e. The van der Waals surface area contributed by atoms with E-state index in [1.165, 1.54) is 19.1 Å². The molecule has 0 bridgehead atoms. The first kappa shape index (κ1) is 40.6. The van der Waals surface area contributed by atoms with Crippen LogP contribution in [-0.2, 0) is 47.7 Å². The van der Waals surface area contributed by atoms with Crippen molar-refractivity contribution < 1.29 is 57.6 Å². The fourth-order valence-electron chi connectivity index (χ4n) is 3.82. The molecule has 0 unspecified atom stereocenters. The summed E-state index contributed by atoms with van der Waals surface area (Å²) in [5.41, 5.74) is 5.28. The second-order valence-corrected chi connectivity index (χ2v) is 10.1. The van der Waals surface area contributed by atoms with Gasteiger partial charge in [0.25, 0.3) is 11.8 Å². The van der Waals surface area contributed by atoms with Gasteiger partial charge in [0.05, 0.1) is 52.9 Å². The van der Waals surface area contributed by atoms with E-state index in [2.05, 4.69) is 27.8 Å². The molecule has 0 saturated carbocycles. The molecule has 1 rings (SSSR count). The maximum Gasteiger partial charge on any atom is 0.326 e. The molecule has 0 fully saturated rings. The lowest BCUT2D eigenvalue weighted by Crippen LogP contribution is -2.52. The van der Waals surface area contributed by atoms with Crippen LogP contribution in [0.5, 0.6) is 0 Å². The zero-order chi connectivity index (χ0) is 35.0. The van der Waals surface area contributed by atoms with Crippen molar-refractivity contribution in [2.45, 2.75) is 44.7 Å². The van der Waals surface area contributed by atoms with Gasteiger partial charge < -0.3 is 51.1 Å². The molecule has 0 aromatic carbocycles. The number of carboxylic acid groups (broad SMARTS) is 1. The van der Waals surface area contributed by atoms with Gasteiger partial charge in [-0.1, -0.05) is 6.58 Å². The summed E-state index contributed by atoms with van der Waals surface area (Å²) in [6.07, 6.45) is 2.59. The molecule has 0 aliphatic carbocycles. The Balaban J connectivity index is 2.03. The molecule has 0 saturated heterocycles. The van der Waals surface area contributed by atoms with E-state index in [0.717, 1.165) is 4.90 Å². The zero-order valence-electron chi connectivity index (χ0n) is 26.6. The van der Waals surface area contributed by atoms with Crippen molar-refractivity contribution in [1.29, 1.82) is 0 Å². The lowest BCUT2D eigenvalue weighted by Gasteiger charge is -2.21. The second-order valence-electron chi connectivity index (χ2n) is 10.1. The molecule has 47 heavy (non-hydrogen) atoms. The lowest BCUT2D eigenvalue weighted by molar-refractivity contribution is -0.142. The van der Waals surface area contributed by atoms with Crippen molar-refractivity contribution in [2.24, 2.45) is 5.73 Å². The molecule has 264 valence electrons. The number of carboxylic acids is 1. The number of urea groups is 1. The minimum Gasteiger partial charge on any atom is -0.480 e. The molecular formula is C29H46N6O12. The average molecular weight is 671 g/mol. The van der Waals surface area contributed by atoms with Gasteiger partial charge in [0, 0.05) is 44.6 Å². The molecule has 0 spiro atoms. The topological polar surface area (TPSA) is 254 Å². The number of primary amides is 1. The van der Waals surface area contributed by atoms with Gasteiger partial charge in [-0.2, -0.15) is 0 Å². The zero-order valence-corrected chi connectivity index (χ0v) is 26.6. The molecule has 7 N–H and O–H groups in total. The summed E-state index contributed by atoms with van der Waals surface area (Å²) in [5, 5.41) is 19.2. The Kier molecular flexibility index (Phi) is 20.6. The molecule has 1 aliphatic heterocycles. The fourth-order valence-corrected chi connectivity index (χ4v) is 3.82. The van der Waals surface area contributed by atoms with E-state index in [4.69, 9.17) is 24.7 Å². The van der Waals surface area contributed by atoms with Crippen LogP contribution in [0.25, 0.3) is 0 Å². The Morgan fingerprint density at radius 1 is 0.809 bits per heavy atom. The van der Waals surface area contributed by atoms with E-state index in [-0.39, 0.29) is 77.7 Å². The highest BCUT2D eigenvalue weighted by Gasteiger charge is 2.27. The quantitative estimate of drug-likeness (QED) is 0.0314. The van der Waals surface area contributed by atoms with Gasteiger partial charge in [-0.25, -0.2) is 9.59 Å². The van der Waals surface area contributed by atoms with Crippen molar-refractivity contribution >= 4 is 41.5 Å². The normalized spacial score (nSPS) is 13.6. The SMILES string of the molecule is C=C(C)[C@H](NC(=O)CCOCCOCCOCCOCCNC(=O)CCN1C(=O)C=CC1=O)C(=O)N[C@@H](CCCNC(N)=O)C(=O)O. The number of carbonyl (C=O) groups excluding carboxylic acids is 6. The van der Waals surface area contributed by atoms with E-state index >= 15 is 0 Å². The van der Waals surface area contributed by atoms with E-state index in [9.17, 15) is 38.7 Å². The van der Waals surface area contributed by atoms with E-state index in [0.29, 0.717) is 32.0 Å². The molecule has 0 radical (unpaired) electrons. The van der Waals surface area contributed by atoms with E-state index in [1.54, 1.807) is 0 Å². The second kappa shape index (κ2) is 23.9. The monoisotopic (exact) mass is 670 g/mol. The minimum absolute atomic E-state index is 0.0132. The van der Waals surface area contributed by atoms with Crippen LogP contribution in [0.15, 0.2) is 24.3 Å². The van der Waals surface area contributed by atoms with Crippen molar-refractivity contribution in [1.82, 2.24) is 26.2 Å². The number of hydrogen-bond acceptors (Lipinski definition) is 11. The van der Waals surface area contributed by atoms with Crippen LogP contribution >= 0.6 is 0 Å². The largest absolute Gasteiger partial charge is 0.480 e. The number of nitrogens with two attached hydrogens (primary N) is 1. The minimum atomic E-state index is -1.26. The van der Waals surface area contributed by atoms with Crippen LogP contribution in [0.1, 0.15) is 32.6 Å². The number of nitrogens with one attached hydrogen (secondary N) is 4. The third kappa shape index (κ3) is 19.0. The molecule has 1 aliphatic rings. The Morgan fingerprint density at radius 2 is 1.36 bits per heavy atom. The Bertz CT molecular complexity index is 1100. The number of hydrogen-bond donors (Lipinski definition) is 6.